The zero-order chi connectivity index (χ0) is 27.9. The first-order chi connectivity index (χ1) is 19.4. The van der Waals surface area contributed by atoms with Gasteiger partial charge in [0.15, 0.2) is 46.0 Å². The number of nitrogen functional groups attached to an aromatic ring is 2. The first kappa shape index (κ1) is 26.5. The summed E-state index contributed by atoms with van der Waals surface area (Å²) in [5.41, 5.74) is 14.8. The van der Waals surface area contributed by atoms with E-state index in [1.54, 1.807) is 36.4 Å². The van der Waals surface area contributed by atoms with Gasteiger partial charge in [0, 0.05) is 23.5 Å². The largest absolute Gasteiger partial charge is 0.454 e. The Balaban J connectivity index is 0.000000161. The van der Waals surface area contributed by atoms with Gasteiger partial charge < -0.3 is 49.4 Å². The Bertz CT molecular complexity index is 1370. The Labute approximate surface area is 231 Å². The van der Waals surface area contributed by atoms with Gasteiger partial charge in [-0.05, 0) is 73.5 Å². The van der Waals surface area contributed by atoms with E-state index in [-0.39, 0.29) is 27.2 Å². The van der Waals surface area contributed by atoms with Crippen LogP contribution in [0.25, 0.3) is 0 Å². The second kappa shape index (κ2) is 12.2. The molecule has 0 saturated carbocycles. The van der Waals surface area contributed by atoms with Gasteiger partial charge in [-0.25, -0.2) is 0 Å². The molecule has 0 radical (unpaired) electrons. The molecular formula is C30H30N2O8. The Kier molecular flexibility index (Phi) is 8.05. The van der Waals surface area contributed by atoms with E-state index in [1.807, 2.05) is 50.2 Å². The molecule has 0 unspecified atom stereocenters. The van der Waals surface area contributed by atoms with Gasteiger partial charge in [-0.15, -0.1) is 0 Å². The summed E-state index contributed by atoms with van der Waals surface area (Å²) in [6.07, 6.45) is 0. The fraction of sp³-hybridized carbons (Fsp3) is 0.200. The van der Waals surface area contributed by atoms with Crippen molar-refractivity contribution in [3.63, 3.8) is 0 Å². The van der Waals surface area contributed by atoms with Crippen molar-refractivity contribution < 1.29 is 37.9 Å². The fourth-order valence-electron chi connectivity index (χ4n) is 3.83. The molecular weight excluding hydrogens is 516 g/mol. The molecule has 40 heavy (non-hydrogen) atoms. The summed E-state index contributed by atoms with van der Waals surface area (Å²) in [5.74, 6) is 4.70. The molecule has 4 N–H and O–H groups in total. The third-order valence-corrected chi connectivity index (χ3v) is 5.85. The van der Waals surface area contributed by atoms with Crippen molar-refractivity contribution in [1.82, 2.24) is 0 Å². The van der Waals surface area contributed by atoms with E-state index in [0.717, 1.165) is 11.1 Å². The molecule has 0 atom stereocenters. The smallest absolute Gasteiger partial charge is 0.231 e. The predicted molar refractivity (Wildman–Crippen MR) is 149 cm³/mol. The van der Waals surface area contributed by atoms with Crippen molar-refractivity contribution in [1.29, 1.82) is 0 Å². The summed E-state index contributed by atoms with van der Waals surface area (Å²) < 4.78 is 44.6. The van der Waals surface area contributed by atoms with Crippen molar-refractivity contribution in [2.45, 2.75) is 13.8 Å². The molecule has 2 aliphatic rings. The van der Waals surface area contributed by atoms with E-state index in [0.29, 0.717) is 57.4 Å². The molecule has 0 bridgehead atoms. The maximum atomic E-state index is 5.73. The molecule has 0 amide bonds. The third kappa shape index (κ3) is 6.65. The number of benzene rings is 4. The molecule has 4 aromatic rings. The monoisotopic (exact) mass is 546 g/mol. The summed E-state index contributed by atoms with van der Waals surface area (Å²) in [7, 11) is 0. The van der Waals surface area contributed by atoms with Gasteiger partial charge >= 0.3 is 0 Å². The molecule has 6 rings (SSSR count). The van der Waals surface area contributed by atoms with Crippen LogP contribution in [0.4, 0.5) is 11.4 Å². The molecule has 0 aromatic heterocycles. The highest BCUT2D eigenvalue weighted by Gasteiger charge is 2.13. The number of ether oxygens (including phenoxy) is 8. The summed E-state index contributed by atoms with van der Waals surface area (Å²) in [4.78, 5) is 0. The van der Waals surface area contributed by atoms with E-state index < -0.39 is 0 Å². The van der Waals surface area contributed by atoms with Crippen LogP contribution >= 0.6 is 0 Å². The quantitative estimate of drug-likeness (QED) is 0.275. The summed E-state index contributed by atoms with van der Waals surface area (Å²) in [5, 5.41) is 0. The Hall–Kier alpha value is -5.12. The zero-order valence-corrected chi connectivity index (χ0v) is 22.2. The average molecular weight is 547 g/mol. The maximum absolute atomic E-state index is 5.73. The van der Waals surface area contributed by atoms with Crippen LogP contribution in [0, 0.1) is 13.8 Å². The Morgan fingerprint density at radius 3 is 1.00 bits per heavy atom. The molecule has 10 nitrogen and oxygen atoms in total. The van der Waals surface area contributed by atoms with Gasteiger partial charge in [-0.1, -0.05) is 12.1 Å². The van der Waals surface area contributed by atoms with Crippen LogP contribution in [0.2, 0.25) is 0 Å². The average Bonchev–Trinajstić information content (AvgIpc) is 2.93. The second-order valence-electron chi connectivity index (χ2n) is 8.94. The topological polar surface area (TPSA) is 126 Å². The van der Waals surface area contributed by atoms with Crippen LogP contribution in [-0.4, -0.2) is 27.2 Å². The van der Waals surface area contributed by atoms with Crippen molar-refractivity contribution >= 4 is 11.4 Å². The first-order valence-corrected chi connectivity index (χ1v) is 12.5. The molecule has 2 heterocycles. The van der Waals surface area contributed by atoms with Gasteiger partial charge in [0.05, 0.1) is 0 Å². The number of nitrogens with two attached hydrogens (primary N) is 2. The molecule has 0 spiro atoms. The van der Waals surface area contributed by atoms with Crippen LogP contribution in [-0.2, 0) is 0 Å². The lowest BCUT2D eigenvalue weighted by Gasteiger charge is -2.18. The van der Waals surface area contributed by atoms with Gasteiger partial charge in [0.2, 0.25) is 27.2 Å². The van der Waals surface area contributed by atoms with Crippen LogP contribution in [0.3, 0.4) is 0 Å². The maximum Gasteiger partial charge on any atom is 0.231 e. The van der Waals surface area contributed by atoms with Crippen molar-refractivity contribution in [2.24, 2.45) is 0 Å². The number of anilines is 2. The molecule has 4 aromatic carbocycles. The number of rotatable bonds is 0. The lowest BCUT2D eigenvalue weighted by molar-refractivity contribution is 0.0723. The molecule has 0 aliphatic carbocycles. The minimum atomic E-state index is 0.0548. The standard InChI is InChI=1S/2C15H15NO4/c1-10-2-4-12-14(6-10)19-8-18-13-5-3-11(16)7-15(13)20-9-17-12;1-10-2-4-12-14(6-10)19-9-20-15-7-11(16)3-5-13(15)18-8-17-12/h2*2-7H,8-9,16H2,1H3. The summed E-state index contributed by atoms with van der Waals surface area (Å²) in [6.45, 7) is 4.21. The highest BCUT2D eigenvalue weighted by molar-refractivity contribution is 5.53. The second-order valence-corrected chi connectivity index (χ2v) is 8.94. The van der Waals surface area contributed by atoms with Crippen molar-refractivity contribution in [2.75, 3.05) is 38.6 Å². The highest BCUT2D eigenvalue weighted by Crippen LogP contribution is 2.34. The van der Waals surface area contributed by atoms with Gasteiger partial charge in [-0.2, -0.15) is 0 Å². The van der Waals surface area contributed by atoms with E-state index in [1.165, 1.54) is 0 Å². The number of aryl methyl sites for hydroxylation is 2. The minimum absolute atomic E-state index is 0.0548. The Morgan fingerprint density at radius 2 is 0.650 bits per heavy atom. The Morgan fingerprint density at radius 1 is 0.375 bits per heavy atom. The van der Waals surface area contributed by atoms with E-state index in [2.05, 4.69) is 0 Å². The summed E-state index contributed by atoms with van der Waals surface area (Å²) >= 11 is 0. The molecule has 2 aliphatic heterocycles. The van der Waals surface area contributed by atoms with Crippen molar-refractivity contribution in [3.8, 4) is 46.0 Å². The predicted octanol–water partition coefficient (Wildman–Crippen LogP) is 5.44. The summed E-state index contributed by atoms with van der Waals surface area (Å²) in [6, 6.07) is 21.7. The van der Waals surface area contributed by atoms with Crippen LogP contribution in [0.5, 0.6) is 46.0 Å². The van der Waals surface area contributed by atoms with Crippen LogP contribution in [0.15, 0.2) is 72.8 Å². The van der Waals surface area contributed by atoms with Gasteiger partial charge in [0.25, 0.3) is 0 Å². The van der Waals surface area contributed by atoms with Crippen LogP contribution in [0.1, 0.15) is 11.1 Å². The number of hydrogen-bond acceptors (Lipinski definition) is 10. The molecule has 208 valence electrons. The number of hydrogen-bond donors (Lipinski definition) is 2. The SMILES string of the molecule is Cc1ccc2c(c1)OCOc1cc(N)ccc1OCO2.Cc1ccc2c(c1)OCOc1ccc(N)cc1OCO2. The first-order valence-electron chi connectivity index (χ1n) is 12.5. The van der Waals surface area contributed by atoms with Gasteiger partial charge in [-0.3, -0.25) is 0 Å². The van der Waals surface area contributed by atoms with E-state index in [9.17, 15) is 0 Å². The number of fused-ring (bicyclic) bond motifs is 4. The van der Waals surface area contributed by atoms with E-state index >= 15 is 0 Å². The lowest BCUT2D eigenvalue weighted by atomic mass is 10.2. The molecule has 10 heteroatoms. The van der Waals surface area contributed by atoms with Crippen LogP contribution < -0.4 is 49.4 Å². The van der Waals surface area contributed by atoms with Gasteiger partial charge in [0.1, 0.15) is 0 Å². The zero-order valence-electron chi connectivity index (χ0n) is 22.2. The normalized spacial score (nSPS) is 13.7. The minimum Gasteiger partial charge on any atom is -0.454 e. The third-order valence-electron chi connectivity index (χ3n) is 5.85. The van der Waals surface area contributed by atoms with Crippen molar-refractivity contribution in [3.05, 3.63) is 83.9 Å². The molecule has 0 fully saturated rings. The lowest BCUT2D eigenvalue weighted by Crippen LogP contribution is -2.13. The highest BCUT2D eigenvalue weighted by atomic mass is 16.7. The fourth-order valence-corrected chi connectivity index (χ4v) is 3.83. The molecule has 0 saturated heterocycles. The van der Waals surface area contributed by atoms with E-state index in [4.69, 9.17) is 49.4 Å².